The molecule has 96 valence electrons. The summed E-state index contributed by atoms with van der Waals surface area (Å²) in [6, 6.07) is 8.29. The molecule has 2 N–H and O–H groups in total. The molecule has 0 saturated heterocycles. The zero-order chi connectivity index (χ0) is 12.8. The molecule has 0 fully saturated rings. The second-order valence-electron chi connectivity index (χ2n) is 4.34. The molecule has 0 bridgehead atoms. The van der Waals surface area contributed by atoms with Gasteiger partial charge in [0, 0.05) is 31.7 Å². The van der Waals surface area contributed by atoms with Crippen LogP contribution in [0.15, 0.2) is 36.7 Å². The van der Waals surface area contributed by atoms with Gasteiger partial charge in [-0.15, -0.1) is 0 Å². The van der Waals surface area contributed by atoms with Gasteiger partial charge in [0.1, 0.15) is 5.82 Å². The molecule has 0 unspecified atom stereocenters. The Kier molecular flexibility index (Phi) is 4.36. The minimum Gasteiger partial charge on any atom is -0.396 e. The van der Waals surface area contributed by atoms with Crippen LogP contribution < -0.4 is 5.32 Å². The van der Waals surface area contributed by atoms with E-state index in [2.05, 4.69) is 22.4 Å². The van der Waals surface area contributed by atoms with Gasteiger partial charge in [-0.2, -0.15) is 0 Å². The summed E-state index contributed by atoms with van der Waals surface area (Å²) >= 11 is 0. The van der Waals surface area contributed by atoms with E-state index in [-0.39, 0.29) is 6.61 Å². The molecule has 1 aromatic heterocycles. The molecule has 1 aromatic carbocycles. The third-order valence-corrected chi connectivity index (χ3v) is 2.92. The molecule has 0 spiro atoms. The summed E-state index contributed by atoms with van der Waals surface area (Å²) in [5.74, 6) is 1.01. The van der Waals surface area contributed by atoms with E-state index in [1.54, 1.807) is 6.20 Å². The van der Waals surface area contributed by atoms with E-state index >= 15 is 0 Å². The highest BCUT2D eigenvalue weighted by Gasteiger charge is 2.00. The minimum atomic E-state index is 0.241. The van der Waals surface area contributed by atoms with Crippen molar-refractivity contribution in [1.29, 1.82) is 0 Å². The number of nitrogens with one attached hydrogen (secondary N) is 1. The molecule has 0 amide bonds. The molecule has 0 aliphatic heterocycles. The Labute approximate surface area is 107 Å². The number of imidazole rings is 1. The maximum Gasteiger partial charge on any atom is 0.127 e. The Bertz CT molecular complexity index is 493. The number of hydrogen-bond acceptors (Lipinski definition) is 3. The van der Waals surface area contributed by atoms with E-state index in [9.17, 15) is 0 Å². The van der Waals surface area contributed by atoms with Crippen molar-refractivity contribution in [1.82, 2.24) is 9.55 Å². The first kappa shape index (κ1) is 12.6. The Hall–Kier alpha value is -1.81. The third-order valence-electron chi connectivity index (χ3n) is 2.92. The molecule has 0 atom stereocenters. The molecule has 0 radical (unpaired) electrons. The van der Waals surface area contributed by atoms with Crippen LogP contribution in [0.3, 0.4) is 0 Å². The van der Waals surface area contributed by atoms with E-state index in [0.717, 1.165) is 24.4 Å². The fourth-order valence-corrected chi connectivity index (χ4v) is 1.87. The van der Waals surface area contributed by atoms with Crippen LogP contribution in [-0.4, -0.2) is 21.3 Å². The first-order valence-electron chi connectivity index (χ1n) is 6.19. The molecule has 0 aliphatic carbocycles. The number of aryl methyl sites for hydroxylation is 2. The van der Waals surface area contributed by atoms with Crippen LogP contribution in [0.2, 0.25) is 0 Å². The van der Waals surface area contributed by atoms with Gasteiger partial charge in [0.15, 0.2) is 0 Å². The average molecular weight is 245 g/mol. The van der Waals surface area contributed by atoms with Crippen LogP contribution in [0.1, 0.15) is 17.8 Å². The van der Waals surface area contributed by atoms with E-state index in [1.807, 2.05) is 29.9 Å². The van der Waals surface area contributed by atoms with Crippen molar-refractivity contribution in [2.24, 2.45) is 7.05 Å². The average Bonchev–Trinajstić information content (AvgIpc) is 2.80. The van der Waals surface area contributed by atoms with Gasteiger partial charge in [-0.05, 0) is 30.5 Å². The molecule has 0 saturated carbocycles. The monoisotopic (exact) mass is 245 g/mol. The van der Waals surface area contributed by atoms with Crippen LogP contribution in [0.4, 0.5) is 5.69 Å². The van der Waals surface area contributed by atoms with Crippen molar-refractivity contribution >= 4 is 5.69 Å². The summed E-state index contributed by atoms with van der Waals surface area (Å²) in [6.45, 7) is 0.956. The largest absolute Gasteiger partial charge is 0.396 e. The summed E-state index contributed by atoms with van der Waals surface area (Å²) in [4.78, 5) is 4.27. The van der Waals surface area contributed by atoms with Crippen molar-refractivity contribution in [2.45, 2.75) is 19.4 Å². The number of aliphatic hydroxyl groups is 1. The topological polar surface area (TPSA) is 50.1 Å². The standard InChI is InChI=1S/C14H19N3O/c1-17-8-7-15-14(17)11-16-13-6-2-4-12(10-13)5-3-9-18/h2,4,6-8,10,16,18H,3,5,9,11H2,1H3. The van der Waals surface area contributed by atoms with Crippen LogP contribution in [-0.2, 0) is 20.0 Å². The van der Waals surface area contributed by atoms with Crippen LogP contribution >= 0.6 is 0 Å². The highest BCUT2D eigenvalue weighted by atomic mass is 16.2. The van der Waals surface area contributed by atoms with Gasteiger partial charge >= 0.3 is 0 Å². The molecule has 2 aromatic rings. The van der Waals surface area contributed by atoms with Crippen LogP contribution in [0.25, 0.3) is 0 Å². The predicted octanol–water partition coefficient (Wildman–Crippen LogP) is 1.96. The smallest absolute Gasteiger partial charge is 0.127 e. The van der Waals surface area contributed by atoms with Crippen molar-refractivity contribution in [3.63, 3.8) is 0 Å². The molecule has 18 heavy (non-hydrogen) atoms. The Morgan fingerprint density at radius 2 is 2.28 bits per heavy atom. The molecular weight excluding hydrogens is 226 g/mol. The molecule has 1 heterocycles. The van der Waals surface area contributed by atoms with Crippen molar-refractivity contribution in [3.8, 4) is 0 Å². The van der Waals surface area contributed by atoms with E-state index in [0.29, 0.717) is 6.54 Å². The highest BCUT2D eigenvalue weighted by molar-refractivity contribution is 5.45. The molecule has 0 aliphatic rings. The molecule has 2 rings (SSSR count). The lowest BCUT2D eigenvalue weighted by Gasteiger charge is -2.08. The minimum absolute atomic E-state index is 0.241. The lowest BCUT2D eigenvalue weighted by Crippen LogP contribution is -2.05. The first-order chi connectivity index (χ1) is 8.79. The Morgan fingerprint density at radius 3 is 3.00 bits per heavy atom. The van der Waals surface area contributed by atoms with Crippen LogP contribution in [0.5, 0.6) is 0 Å². The third kappa shape index (κ3) is 3.34. The maximum absolute atomic E-state index is 8.83. The van der Waals surface area contributed by atoms with Crippen molar-refractivity contribution in [2.75, 3.05) is 11.9 Å². The van der Waals surface area contributed by atoms with Gasteiger partial charge in [-0.25, -0.2) is 4.98 Å². The van der Waals surface area contributed by atoms with E-state index in [1.165, 1.54) is 5.56 Å². The van der Waals surface area contributed by atoms with E-state index < -0.39 is 0 Å². The number of anilines is 1. The molecule has 4 nitrogen and oxygen atoms in total. The second-order valence-corrected chi connectivity index (χ2v) is 4.34. The number of aromatic nitrogens is 2. The highest BCUT2D eigenvalue weighted by Crippen LogP contribution is 2.13. The SMILES string of the molecule is Cn1ccnc1CNc1cccc(CCCO)c1. The summed E-state index contributed by atoms with van der Waals surface area (Å²) in [5.41, 5.74) is 2.34. The number of benzene rings is 1. The number of rotatable bonds is 6. The molecule has 4 heteroatoms. The second kappa shape index (κ2) is 6.21. The predicted molar refractivity (Wildman–Crippen MR) is 72.4 cm³/mol. The lowest BCUT2D eigenvalue weighted by atomic mass is 10.1. The summed E-state index contributed by atoms with van der Waals surface area (Å²) < 4.78 is 2.00. The van der Waals surface area contributed by atoms with Gasteiger partial charge in [0.2, 0.25) is 0 Å². The Morgan fingerprint density at radius 1 is 1.39 bits per heavy atom. The first-order valence-corrected chi connectivity index (χ1v) is 6.19. The van der Waals surface area contributed by atoms with Crippen molar-refractivity contribution in [3.05, 3.63) is 48.0 Å². The lowest BCUT2D eigenvalue weighted by molar-refractivity contribution is 0.288. The normalized spacial score (nSPS) is 10.6. The number of hydrogen-bond donors (Lipinski definition) is 2. The maximum atomic E-state index is 8.83. The van der Waals surface area contributed by atoms with Crippen molar-refractivity contribution < 1.29 is 5.11 Å². The zero-order valence-corrected chi connectivity index (χ0v) is 10.6. The summed E-state index contributed by atoms with van der Waals surface area (Å²) in [5, 5.41) is 12.2. The van der Waals surface area contributed by atoms with Gasteiger partial charge < -0.3 is 15.0 Å². The zero-order valence-electron chi connectivity index (χ0n) is 10.6. The van der Waals surface area contributed by atoms with Gasteiger partial charge in [0.25, 0.3) is 0 Å². The quantitative estimate of drug-likeness (QED) is 0.818. The number of nitrogens with zero attached hydrogens (tertiary/aromatic N) is 2. The Balaban J connectivity index is 1.95. The van der Waals surface area contributed by atoms with Crippen LogP contribution in [0, 0.1) is 0 Å². The summed E-state index contributed by atoms with van der Waals surface area (Å²) in [7, 11) is 1.99. The fraction of sp³-hybridized carbons (Fsp3) is 0.357. The van der Waals surface area contributed by atoms with Gasteiger partial charge in [-0.1, -0.05) is 12.1 Å². The van der Waals surface area contributed by atoms with E-state index in [4.69, 9.17) is 5.11 Å². The van der Waals surface area contributed by atoms with Gasteiger partial charge in [-0.3, -0.25) is 0 Å². The van der Waals surface area contributed by atoms with Gasteiger partial charge in [0.05, 0.1) is 6.54 Å². The fourth-order valence-electron chi connectivity index (χ4n) is 1.87. The summed E-state index contributed by atoms with van der Waals surface area (Å²) in [6.07, 6.45) is 5.46. The molecular formula is C14H19N3O. The number of aliphatic hydroxyl groups excluding tert-OH is 1.